The molecule has 27 heavy (non-hydrogen) atoms. The van der Waals surface area contributed by atoms with E-state index in [0.29, 0.717) is 24.9 Å². The molecule has 3 rings (SSSR count). The van der Waals surface area contributed by atoms with Crippen LogP contribution in [0.3, 0.4) is 0 Å². The molecule has 0 spiro atoms. The number of nitrogens with one attached hydrogen (secondary N) is 1. The zero-order chi connectivity index (χ0) is 19.1. The third kappa shape index (κ3) is 5.41. The molecule has 0 aliphatic carbocycles. The SMILES string of the molecule is O=C(CCCc1ccccc1)N[C@@H]1CCN(C(=O)c2ccccc2)C[C@H]1O. The van der Waals surface area contributed by atoms with Gasteiger partial charge in [0.05, 0.1) is 12.1 Å². The van der Waals surface area contributed by atoms with Crippen LogP contribution in [-0.4, -0.2) is 47.1 Å². The smallest absolute Gasteiger partial charge is 0.253 e. The molecular formula is C22H26N2O3. The van der Waals surface area contributed by atoms with Crippen molar-refractivity contribution in [1.82, 2.24) is 10.2 Å². The van der Waals surface area contributed by atoms with E-state index in [0.717, 1.165) is 12.8 Å². The summed E-state index contributed by atoms with van der Waals surface area (Å²) in [6, 6.07) is 18.9. The molecule has 1 heterocycles. The molecule has 2 amide bonds. The Morgan fingerprint density at radius 2 is 1.70 bits per heavy atom. The van der Waals surface area contributed by atoms with Crippen molar-refractivity contribution in [2.75, 3.05) is 13.1 Å². The number of aliphatic hydroxyl groups excluding tert-OH is 1. The average Bonchev–Trinajstić information content (AvgIpc) is 2.70. The third-order valence-electron chi connectivity index (χ3n) is 4.95. The summed E-state index contributed by atoms with van der Waals surface area (Å²) in [5.74, 6) is -0.125. The van der Waals surface area contributed by atoms with Crippen LogP contribution >= 0.6 is 0 Å². The van der Waals surface area contributed by atoms with E-state index >= 15 is 0 Å². The first-order chi connectivity index (χ1) is 13.1. The summed E-state index contributed by atoms with van der Waals surface area (Å²) < 4.78 is 0. The number of aryl methyl sites for hydroxylation is 1. The van der Waals surface area contributed by atoms with Crippen LogP contribution in [0.4, 0.5) is 0 Å². The summed E-state index contributed by atoms with van der Waals surface area (Å²) >= 11 is 0. The number of hydrogen-bond acceptors (Lipinski definition) is 3. The quantitative estimate of drug-likeness (QED) is 0.825. The predicted octanol–water partition coefficient (Wildman–Crippen LogP) is 2.40. The van der Waals surface area contributed by atoms with Gasteiger partial charge in [0, 0.05) is 25.1 Å². The van der Waals surface area contributed by atoms with E-state index in [1.165, 1.54) is 5.56 Å². The van der Waals surface area contributed by atoms with Crippen LogP contribution in [0.5, 0.6) is 0 Å². The standard InChI is InChI=1S/C22H26N2O3/c25-20-16-24(22(27)18-11-5-2-6-12-18)15-14-19(20)23-21(26)13-7-10-17-8-3-1-4-9-17/h1-6,8-9,11-12,19-20,25H,7,10,13-16H2,(H,23,26)/t19-,20-/m1/s1. The van der Waals surface area contributed by atoms with Crippen LogP contribution in [0.25, 0.3) is 0 Å². The highest BCUT2D eigenvalue weighted by molar-refractivity contribution is 5.94. The molecule has 0 saturated carbocycles. The van der Waals surface area contributed by atoms with Gasteiger partial charge in [0.1, 0.15) is 0 Å². The summed E-state index contributed by atoms with van der Waals surface area (Å²) in [6.07, 6.45) is 1.89. The second kappa shape index (κ2) is 9.33. The lowest BCUT2D eigenvalue weighted by Gasteiger charge is -2.36. The van der Waals surface area contributed by atoms with Crippen LogP contribution in [0.2, 0.25) is 0 Å². The number of likely N-dealkylation sites (tertiary alicyclic amines) is 1. The molecule has 2 atom stereocenters. The molecule has 142 valence electrons. The fourth-order valence-corrected chi connectivity index (χ4v) is 3.42. The van der Waals surface area contributed by atoms with Crippen LogP contribution in [0, 0.1) is 0 Å². The van der Waals surface area contributed by atoms with Gasteiger partial charge in [-0.05, 0) is 37.0 Å². The molecule has 5 heteroatoms. The Bertz CT molecular complexity index is 749. The number of benzene rings is 2. The van der Waals surface area contributed by atoms with Gasteiger partial charge < -0.3 is 15.3 Å². The normalized spacial score (nSPS) is 19.5. The highest BCUT2D eigenvalue weighted by Gasteiger charge is 2.31. The molecule has 0 aromatic heterocycles. The van der Waals surface area contributed by atoms with Crippen molar-refractivity contribution in [1.29, 1.82) is 0 Å². The van der Waals surface area contributed by atoms with Crippen molar-refractivity contribution in [3.8, 4) is 0 Å². The summed E-state index contributed by atoms with van der Waals surface area (Å²) in [7, 11) is 0. The first-order valence-corrected chi connectivity index (χ1v) is 9.49. The van der Waals surface area contributed by atoms with Crippen molar-refractivity contribution >= 4 is 11.8 Å². The van der Waals surface area contributed by atoms with E-state index in [1.54, 1.807) is 17.0 Å². The number of β-amino-alcohol motifs (C(OH)–C–C–N with tert-alkyl or cyclic N) is 1. The van der Waals surface area contributed by atoms with Gasteiger partial charge >= 0.3 is 0 Å². The van der Waals surface area contributed by atoms with E-state index in [9.17, 15) is 14.7 Å². The summed E-state index contributed by atoms with van der Waals surface area (Å²) in [5, 5.41) is 13.3. The largest absolute Gasteiger partial charge is 0.389 e. The number of aliphatic hydroxyl groups is 1. The maximum absolute atomic E-state index is 12.5. The van der Waals surface area contributed by atoms with E-state index in [2.05, 4.69) is 17.4 Å². The first-order valence-electron chi connectivity index (χ1n) is 9.49. The molecule has 1 saturated heterocycles. The zero-order valence-electron chi connectivity index (χ0n) is 15.4. The minimum absolute atomic E-state index is 0.0437. The minimum Gasteiger partial charge on any atom is -0.389 e. The number of piperidine rings is 1. The van der Waals surface area contributed by atoms with Crippen molar-refractivity contribution in [3.63, 3.8) is 0 Å². The lowest BCUT2D eigenvalue weighted by atomic mass is 10.00. The predicted molar refractivity (Wildman–Crippen MR) is 104 cm³/mol. The number of carbonyl (C=O) groups excluding carboxylic acids is 2. The fraction of sp³-hybridized carbons (Fsp3) is 0.364. The Morgan fingerprint density at radius 3 is 2.37 bits per heavy atom. The topological polar surface area (TPSA) is 69.6 Å². The van der Waals surface area contributed by atoms with Crippen LogP contribution in [0.1, 0.15) is 35.2 Å². The highest BCUT2D eigenvalue weighted by atomic mass is 16.3. The second-order valence-electron chi connectivity index (χ2n) is 6.99. The zero-order valence-corrected chi connectivity index (χ0v) is 15.4. The number of carbonyl (C=O) groups is 2. The molecule has 0 bridgehead atoms. The Kier molecular flexibility index (Phi) is 6.60. The lowest BCUT2D eigenvalue weighted by Crippen LogP contribution is -2.55. The molecule has 0 radical (unpaired) electrons. The van der Waals surface area contributed by atoms with Gasteiger partial charge in [-0.25, -0.2) is 0 Å². The molecule has 1 aliphatic rings. The Hall–Kier alpha value is -2.66. The molecular weight excluding hydrogens is 340 g/mol. The van der Waals surface area contributed by atoms with Crippen molar-refractivity contribution in [2.24, 2.45) is 0 Å². The summed E-state index contributed by atoms with van der Waals surface area (Å²) in [6.45, 7) is 0.766. The van der Waals surface area contributed by atoms with Gasteiger partial charge in [-0.15, -0.1) is 0 Å². The van der Waals surface area contributed by atoms with E-state index < -0.39 is 6.10 Å². The monoisotopic (exact) mass is 366 g/mol. The van der Waals surface area contributed by atoms with Crippen LogP contribution in [0.15, 0.2) is 60.7 Å². The lowest BCUT2D eigenvalue weighted by molar-refractivity contribution is -0.123. The average molecular weight is 366 g/mol. The van der Waals surface area contributed by atoms with Gasteiger partial charge in [0.2, 0.25) is 5.91 Å². The number of nitrogens with zero attached hydrogens (tertiary/aromatic N) is 1. The molecule has 1 fully saturated rings. The minimum atomic E-state index is -0.746. The van der Waals surface area contributed by atoms with Gasteiger partial charge in [0.25, 0.3) is 5.91 Å². The number of amides is 2. The molecule has 0 unspecified atom stereocenters. The van der Waals surface area contributed by atoms with Crippen molar-refractivity contribution < 1.29 is 14.7 Å². The van der Waals surface area contributed by atoms with Crippen LogP contribution < -0.4 is 5.32 Å². The summed E-state index contributed by atoms with van der Waals surface area (Å²) in [5.41, 5.74) is 1.84. The molecule has 2 aromatic rings. The fourth-order valence-electron chi connectivity index (χ4n) is 3.42. The van der Waals surface area contributed by atoms with E-state index in [-0.39, 0.29) is 24.4 Å². The van der Waals surface area contributed by atoms with Gasteiger partial charge in [0.15, 0.2) is 0 Å². The van der Waals surface area contributed by atoms with Crippen molar-refractivity contribution in [3.05, 3.63) is 71.8 Å². The molecule has 1 aliphatic heterocycles. The van der Waals surface area contributed by atoms with Crippen molar-refractivity contribution in [2.45, 2.75) is 37.8 Å². The van der Waals surface area contributed by atoms with Gasteiger partial charge in [-0.3, -0.25) is 9.59 Å². The Balaban J connectivity index is 1.43. The summed E-state index contributed by atoms with van der Waals surface area (Å²) in [4.78, 5) is 26.3. The van der Waals surface area contributed by atoms with Gasteiger partial charge in [-0.2, -0.15) is 0 Å². The third-order valence-corrected chi connectivity index (χ3v) is 4.95. The molecule has 5 nitrogen and oxygen atoms in total. The molecule has 2 N–H and O–H groups in total. The van der Waals surface area contributed by atoms with E-state index in [1.807, 2.05) is 36.4 Å². The number of rotatable bonds is 6. The Labute approximate surface area is 160 Å². The van der Waals surface area contributed by atoms with E-state index in [4.69, 9.17) is 0 Å². The molecule has 2 aromatic carbocycles. The van der Waals surface area contributed by atoms with Gasteiger partial charge in [-0.1, -0.05) is 48.5 Å². The highest BCUT2D eigenvalue weighted by Crippen LogP contribution is 2.15. The second-order valence-corrected chi connectivity index (χ2v) is 6.99. The maximum atomic E-state index is 12.5. The van der Waals surface area contributed by atoms with Crippen LogP contribution in [-0.2, 0) is 11.2 Å². The maximum Gasteiger partial charge on any atom is 0.253 e. The first kappa shape index (κ1) is 19.1. The number of hydrogen-bond donors (Lipinski definition) is 2. The Morgan fingerprint density at radius 1 is 1.04 bits per heavy atom.